The highest BCUT2D eigenvalue weighted by Crippen LogP contribution is 2.47. The topological polar surface area (TPSA) is 78.9 Å². The highest BCUT2D eigenvalue weighted by molar-refractivity contribution is 5.91. The molecule has 0 bridgehead atoms. The van der Waals surface area contributed by atoms with E-state index < -0.39 is 17.7 Å². The molecule has 2 heterocycles. The van der Waals surface area contributed by atoms with E-state index in [0.29, 0.717) is 34.6 Å². The zero-order valence-corrected chi connectivity index (χ0v) is 17.8. The minimum absolute atomic E-state index is 0.0883. The highest BCUT2D eigenvalue weighted by atomic mass is 19.1. The van der Waals surface area contributed by atoms with E-state index in [1.54, 1.807) is 32.3 Å². The zero-order chi connectivity index (χ0) is 22.2. The highest BCUT2D eigenvalue weighted by Gasteiger charge is 2.36. The van der Waals surface area contributed by atoms with Gasteiger partial charge < -0.3 is 16.0 Å². The number of urea groups is 1. The van der Waals surface area contributed by atoms with Crippen LogP contribution >= 0.6 is 0 Å². The number of benzene rings is 1. The van der Waals surface area contributed by atoms with E-state index in [9.17, 15) is 13.6 Å². The summed E-state index contributed by atoms with van der Waals surface area (Å²) in [7, 11) is 1.76. The van der Waals surface area contributed by atoms with Crippen molar-refractivity contribution in [1.82, 2.24) is 15.3 Å². The summed E-state index contributed by atoms with van der Waals surface area (Å²) in [6.45, 7) is 4.44. The van der Waals surface area contributed by atoms with E-state index in [-0.39, 0.29) is 11.3 Å². The van der Waals surface area contributed by atoms with Crippen molar-refractivity contribution in [3.63, 3.8) is 0 Å². The van der Waals surface area contributed by atoms with E-state index in [1.165, 1.54) is 6.07 Å². The first-order valence-corrected chi connectivity index (χ1v) is 10.3. The molecule has 0 radical (unpaired) electrons. The molecule has 2 amide bonds. The number of aromatic nitrogens is 2. The Hall–Kier alpha value is -3.29. The Labute approximate surface area is 179 Å². The van der Waals surface area contributed by atoms with Gasteiger partial charge in [0.15, 0.2) is 0 Å². The summed E-state index contributed by atoms with van der Waals surface area (Å²) in [5, 5.41) is 8.91. The molecule has 1 aliphatic rings. The first kappa shape index (κ1) is 21.0. The van der Waals surface area contributed by atoms with Crippen LogP contribution in [0.5, 0.6) is 0 Å². The van der Waals surface area contributed by atoms with Crippen LogP contribution in [0.15, 0.2) is 30.5 Å². The lowest BCUT2D eigenvalue weighted by molar-refractivity contribution is 0.251. The molecule has 1 aliphatic carbocycles. The number of anilines is 2. The average Bonchev–Trinajstić information content (AvgIpc) is 3.46. The van der Waals surface area contributed by atoms with Crippen molar-refractivity contribution in [2.75, 3.05) is 24.2 Å². The van der Waals surface area contributed by atoms with Crippen molar-refractivity contribution in [3.05, 3.63) is 47.8 Å². The Morgan fingerprint density at radius 2 is 1.90 bits per heavy atom. The number of nitrogens with zero attached hydrogens (tertiary/aromatic N) is 2. The van der Waals surface area contributed by atoms with Crippen LogP contribution in [0.4, 0.5) is 25.1 Å². The van der Waals surface area contributed by atoms with E-state index in [4.69, 9.17) is 0 Å². The zero-order valence-electron chi connectivity index (χ0n) is 17.8. The molecule has 1 saturated carbocycles. The predicted octanol–water partition coefficient (Wildman–Crippen LogP) is 5.24. The second-order valence-corrected chi connectivity index (χ2v) is 8.39. The molecule has 31 heavy (non-hydrogen) atoms. The minimum atomic E-state index is -0.836. The van der Waals surface area contributed by atoms with Crippen LogP contribution in [-0.4, -0.2) is 29.6 Å². The van der Waals surface area contributed by atoms with Crippen molar-refractivity contribution in [2.24, 2.45) is 5.41 Å². The number of hydrogen-bond donors (Lipinski definition) is 3. The average molecular weight is 425 g/mol. The second kappa shape index (κ2) is 8.09. The van der Waals surface area contributed by atoms with Crippen molar-refractivity contribution < 1.29 is 13.6 Å². The molecule has 6 nitrogen and oxygen atoms in total. The summed E-state index contributed by atoms with van der Waals surface area (Å²) in [5.41, 5.74) is 2.19. The lowest BCUT2D eigenvalue weighted by atomic mass is 10.0. The first-order valence-electron chi connectivity index (χ1n) is 10.3. The first-order chi connectivity index (χ1) is 14.8. The van der Waals surface area contributed by atoms with Gasteiger partial charge in [-0.25, -0.2) is 18.6 Å². The predicted molar refractivity (Wildman–Crippen MR) is 118 cm³/mol. The van der Waals surface area contributed by atoms with Crippen LogP contribution in [0, 0.1) is 24.0 Å². The third-order valence-electron chi connectivity index (χ3n) is 5.86. The lowest BCUT2D eigenvalue weighted by Crippen LogP contribution is -2.30. The molecule has 2 aromatic heterocycles. The van der Waals surface area contributed by atoms with E-state index in [2.05, 4.69) is 32.8 Å². The van der Waals surface area contributed by atoms with E-state index in [0.717, 1.165) is 30.7 Å². The van der Waals surface area contributed by atoms with Crippen LogP contribution < -0.4 is 16.0 Å². The number of rotatable bonds is 6. The summed E-state index contributed by atoms with van der Waals surface area (Å²) in [4.78, 5) is 21.0. The molecule has 0 spiro atoms. The van der Waals surface area contributed by atoms with Gasteiger partial charge in [-0.1, -0.05) is 6.92 Å². The molecule has 0 aliphatic heterocycles. The molecule has 1 aromatic carbocycles. The number of carbonyl (C=O) groups is 1. The van der Waals surface area contributed by atoms with Gasteiger partial charge in [-0.15, -0.1) is 0 Å². The van der Waals surface area contributed by atoms with Crippen LogP contribution in [0.3, 0.4) is 0 Å². The SMILES string of the molecule is CNc1cc2nc(C)c(-c3cc(NC(=O)NCCC4(C)CC4)c(F)cc3F)cc2cn1. The maximum Gasteiger partial charge on any atom is 0.319 e. The third kappa shape index (κ3) is 4.57. The number of aryl methyl sites for hydroxylation is 1. The monoisotopic (exact) mass is 425 g/mol. The summed E-state index contributed by atoms with van der Waals surface area (Å²) < 4.78 is 29.0. The maximum atomic E-state index is 14.7. The van der Waals surface area contributed by atoms with Crippen LogP contribution in [0.1, 0.15) is 31.9 Å². The number of hydrogen-bond acceptors (Lipinski definition) is 4. The minimum Gasteiger partial charge on any atom is -0.373 e. The van der Waals surface area contributed by atoms with Gasteiger partial charge in [-0.05, 0) is 43.7 Å². The Morgan fingerprint density at radius 3 is 2.61 bits per heavy atom. The van der Waals surface area contributed by atoms with E-state index in [1.807, 2.05) is 0 Å². The number of pyridine rings is 2. The van der Waals surface area contributed by atoms with Crippen LogP contribution in [0.25, 0.3) is 22.0 Å². The fourth-order valence-electron chi connectivity index (χ4n) is 3.53. The summed E-state index contributed by atoms with van der Waals surface area (Å²) in [5.74, 6) is -0.889. The summed E-state index contributed by atoms with van der Waals surface area (Å²) in [6.07, 6.45) is 4.85. The Balaban J connectivity index is 1.59. The summed E-state index contributed by atoms with van der Waals surface area (Å²) >= 11 is 0. The largest absolute Gasteiger partial charge is 0.373 e. The third-order valence-corrected chi connectivity index (χ3v) is 5.86. The molecule has 0 atom stereocenters. The maximum absolute atomic E-state index is 14.7. The van der Waals surface area contributed by atoms with Crippen LogP contribution in [-0.2, 0) is 0 Å². The molecule has 3 N–H and O–H groups in total. The number of nitrogens with one attached hydrogen (secondary N) is 3. The molecule has 0 unspecified atom stereocenters. The van der Waals surface area contributed by atoms with Gasteiger partial charge in [-0.2, -0.15) is 0 Å². The Morgan fingerprint density at radius 1 is 1.13 bits per heavy atom. The van der Waals surface area contributed by atoms with Gasteiger partial charge in [0, 0.05) is 54.1 Å². The molecule has 0 saturated heterocycles. The van der Waals surface area contributed by atoms with Gasteiger partial charge in [0.2, 0.25) is 0 Å². The van der Waals surface area contributed by atoms with Crippen LogP contribution in [0.2, 0.25) is 0 Å². The van der Waals surface area contributed by atoms with Gasteiger partial charge in [0.1, 0.15) is 17.5 Å². The molecule has 4 rings (SSSR count). The standard InChI is InChI=1S/C23H25F2N5O/c1-13-15(8-14-12-28-21(26-3)11-19(14)29-13)16-9-20(18(25)10-17(16)24)30-22(31)27-7-6-23(2)4-5-23/h8-12H,4-7H2,1-3H3,(H,26,28)(H2,27,30,31). The van der Waals surface area contributed by atoms with Crippen molar-refractivity contribution in [1.29, 1.82) is 0 Å². The molecule has 8 heteroatoms. The second-order valence-electron chi connectivity index (χ2n) is 8.39. The van der Waals surface area contributed by atoms with Crippen molar-refractivity contribution in [2.45, 2.75) is 33.1 Å². The Bertz CT molecular complexity index is 1160. The van der Waals surface area contributed by atoms with Gasteiger partial charge in [0.05, 0.1) is 11.2 Å². The molecular formula is C23H25F2N5O. The molecule has 1 fully saturated rings. The molecule has 3 aromatic rings. The number of amides is 2. The Kier molecular flexibility index (Phi) is 5.47. The fraction of sp³-hybridized carbons (Fsp3) is 0.348. The summed E-state index contributed by atoms with van der Waals surface area (Å²) in [6, 6.07) is 5.13. The van der Waals surface area contributed by atoms with Gasteiger partial charge in [0.25, 0.3) is 0 Å². The lowest BCUT2D eigenvalue weighted by Gasteiger charge is -2.14. The quantitative estimate of drug-likeness (QED) is 0.505. The molecular weight excluding hydrogens is 400 g/mol. The number of halogens is 2. The van der Waals surface area contributed by atoms with E-state index >= 15 is 0 Å². The van der Waals surface area contributed by atoms with Crippen molar-refractivity contribution in [3.8, 4) is 11.1 Å². The number of carbonyl (C=O) groups excluding carboxylic acids is 1. The molecule has 162 valence electrons. The smallest absolute Gasteiger partial charge is 0.319 e. The fourth-order valence-corrected chi connectivity index (χ4v) is 3.53. The van der Waals surface area contributed by atoms with Gasteiger partial charge >= 0.3 is 6.03 Å². The van der Waals surface area contributed by atoms with Gasteiger partial charge in [-0.3, -0.25) is 4.98 Å². The number of fused-ring (bicyclic) bond motifs is 1. The normalized spacial score (nSPS) is 14.4. The van der Waals surface area contributed by atoms with Crippen molar-refractivity contribution >= 4 is 28.4 Å².